The Morgan fingerprint density at radius 2 is 1.71 bits per heavy atom. The molecule has 154 valence electrons. The van der Waals surface area contributed by atoms with Gasteiger partial charge in [0.05, 0.1) is 16.5 Å². The SMILES string of the molecule is O=C1C(=O)N(c2ccccn2)[C@@H](c2ccccc2F)/C1=C(\O)c1ccc([N+](=O)[O-])cc1. The third kappa shape index (κ3) is 3.42. The summed E-state index contributed by atoms with van der Waals surface area (Å²) in [6.45, 7) is 0. The Morgan fingerprint density at radius 1 is 1.03 bits per heavy atom. The number of ketones is 1. The van der Waals surface area contributed by atoms with Gasteiger partial charge < -0.3 is 5.11 Å². The number of aromatic nitrogens is 1. The highest BCUT2D eigenvalue weighted by Crippen LogP contribution is 2.42. The number of nitro groups is 1. The number of nitrogens with zero attached hydrogens (tertiary/aromatic N) is 3. The van der Waals surface area contributed by atoms with Crippen LogP contribution < -0.4 is 4.90 Å². The second kappa shape index (κ2) is 7.79. The molecule has 31 heavy (non-hydrogen) atoms. The van der Waals surface area contributed by atoms with Crippen molar-refractivity contribution in [3.63, 3.8) is 0 Å². The van der Waals surface area contributed by atoms with Gasteiger partial charge in [-0.15, -0.1) is 0 Å². The summed E-state index contributed by atoms with van der Waals surface area (Å²) in [5.41, 5.74) is -0.479. The fraction of sp³-hybridized carbons (Fsp3) is 0.0455. The van der Waals surface area contributed by atoms with E-state index in [1.54, 1.807) is 18.2 Å². The van der Waals surface area contributed by atoms with E-state index in [-0.39, 0.29) is 28.2 Å². The van der Waals surface area contributed by atoms with E-state index in [1.807, 2.05) is 0 Å². The molecule has 0 aliphatic carbocycles. The quantitative estimate of drug-likeness (QED) is 0.226. The molecular weight excluding hydrogens is 405 g/mol. The number of non-ortho nitro benzene ring substituents is 1. The third-order valence-corrected chi connectivity index (χ3v) is 4.89. The van der Waals surface area contributed by atoms with Gasteiger partial charge in [0.25, 0.3) is 11.5 Å². The van der Waals surface area contributed by atoms with Gasteiger partial charge in [-0.1, -0.05) is 24.3 Å². The average Bonchev–Trinajstić information content (AvgIpc) is 3.04. The standard InChI is InChI=1S/C22H14FN3O5/c23-16-6-2-1-5-15(16)19-18(20(27)13-8-10-14(11-9-13)26(30)31)21(28)22(29)25(19)17-7-3-4-12-24-17/h1-12,19,27H/b20-18+/t19-/m0/s1. The first-order chi connectivity index (χ1) is 14.9. The molecule has 2 aromatic carbocycles. The monoisotopic (exact) mass is 419 g/mol. The third-order valence-electron chi connectivity index (χ3n) is 4.89. The van der Waals surface area contributed by atoms with Gasteiger partial charge in [0, 0.05) is 29.5 Å². The van der Waals surface area contributed by atoms with E-state index in [0.29, 0.717) is 0 Å². The van der Waals surface area contributed by atoms with Gasteiger partial charge in [0.1, 0.15) is 17.4 Å². The normalized spacial score (nSPS) is 17.7. The number of rotatable bonds is 4. The predicted octanol–water partition coefficient (Wildman–Crippen LogP) is 3.76. The lowest BCUT2D eigenvalue weighted by atomic mass is 9.95. The number of amides is 1. The number of anilines is 1. The lowest BCUT2D eigenvalue weighted by molar-refractivity contribution is -0.384. The number of carbonyl (C=O) groups excluding carboxylic acids is 2. The van der Waals surface area contributed by atoms with Crippen LogP contribution in [0.1, 0.15) is 17.2 Å². The molecule has 1 aromatic heterocycles. The number of hydrogen-bond acceptors (Lipinski definition) is 6. The van der Waals surface area contributed by atoms with Crippen molar-refractivity contribution >= 4 is 29.0 Å². The summed E-state index contributed by atoms with van der Waals surface area (Å²) in [6.07, 6.45) is 1.42. The molecule has 0 bridgehead atoms. The average molecular weight is 419 g/mol. The second-order valence-electron chi connectivity index (χ2n) is 6.68. The van der Waals surface area contributed by atoms with Gasteiger partial charge in [-0.2, -0.15) is 0 Å². The lowest BCUT2D eigenvalue weighted by Gasteiger charge is -2.24. The molecule has 2 heterocycles. The molecule has 1 N–H and O–H groups in total. The molecule has 0 saturated carbocycles. The highest BCUT2D eigenvalue weighted by molar-refractivity contribution is 6.51. The number of hydrogen-bond donors (Lipinski definition) is 1. The van der Waals surface area contributed by atoms with Crippen molar-refractivity contribution in [2.45, 2.75) is 6.04 Å². The molecule has 4 rings (SSSR count). The molecule has 9 heteroatoms. The molecular formula is C22H14FN3O5. The maximum Gasteiger partial charge on any atom is 0.301 e. The van der Waals surface area contributed by atoms with Crippen LogP contribution >= 0.6 is 0 Å². The second-order valence-corrected chi connectivity index (χ2v) is 6.68. The Morgan fingerprint density at radius 3 is 2.32 bits per heavy atom. The van der Waals surface area contributed by atoms with Crippen LogP contribution in [0.4, 0.5) is 15.9 Å². The van der Waals surface area contributed by atoms with E-state index in [4.69, 9.17) is 0 Å². The number of nitro benzene ring substituents is 1. The van der Waals surface area contributed by atoms with Crippen LogP contribution in [-0.4, -0.2) is 26.7 Å². The topological polar surface area (TPSA) is 114 Å². The number of pyridine rings is 1. The number of aliphatic hydroxyl groups is 1. The van der Waals surface area contributed by atoms with E-state index < -0.39 is 34.2 Å². The Kier molecular flexibility index (Phi) is 5.00. The van der Waals surface area contributed by atoms with Crippen LogP contribution in [0.25, 0.3) is 5.76 Å². The smallest absolute Gasteiger partial charge is 0.301 e. The first kappa shape index (κ1) is 19.9. The zero-order valence-electron chi connectivity index (χ0n) is 15.8. The maximum absolute atomic E-state index is 14.7. The summed E-state index contributed by atoms with van der Waals surface area (Å²) in [6, 6.07) is 13.8. The first-order valence-corrected chi connectivity index (χ1v) is 9.11. The number of benzene rings is 2. The molecule has 1 saturated heterocycles. The molecule has 0 radical (unpaired) electrons. The fourth-order valence-corrected chi connectivity index (χ4v) is 3.45. The Hall–Kier alpha value is -4.40. The van der Waals surface area contributed by atoms with E-state index in [0.717, 1.165) is 17.0 Å². The van der Waals surface area contributed by atoms with Crippen LogP contribution in [0.2, 0.25) is 0 Å². The molecule has 0 unspecified atom stereocenters. The largest absolute Gasteiger partial charge is 0.507 e. The van der Waals surface area contributed by atoms with Crippen molar-refractivity contribution < 1.29 is 24.0 Å². The molecule has 1 fully saturated rings. The minimum absolute atomic E-state index is 0.00388. The van der Waals surface area contributed by atoms with Crippen LogP contribution in [0, 0.1) is 15.9 Å². The van der Waals surface area contributed by atoms with Crippen LogP contribution in [0.5, 0.6) is 0 Å². The Bertz CT molecular complexity index is 1230. The predicted molar refractivity (Wildman–Crippen MR) is 109 cm³/mol. The first-order valence-electron chi connectivity index (χ1n) is 9.11. The zero-order valence-corrected chi connectivity index (χ0v) is 15.8. The van der Waals surface area contributed by atoms with E-state index in [1.165, 1.54) is 42.6 Å². The number of aliphatic hydroxyl groups excluding tert-OH is 1. The molecule has 3 aromatic rings. The Labute approximate surface area is 175 Å². The molecule has 1 aliphatic rings. The summed E-state index contributed by atoms with van der Waals surface area (Å²) >= 11 is 0. The summed E-state index contributed by atoms with van der Waals surface area (Å²) in [4.78, 5) is 41.2. The number of halogens is 1. The number of carbonyl (C=O) groups is 2. The highest BCUT2D eigenvalue weighted by atomic mass is 19.1. The van der Waals surface area contributed by atoms with Crippen LogP contribution in [-0.2, 0) is 9.59 Å². The molecule has 0 spiro atoms. The van der Waals surface area contributed by atoms with E-state index in [2.05, 4.69) is 4.98 Å². The lowest BCUT2D eigenvalue weighted by Crippen LogP contribution is -2.30. The van der Waals surface area contributed by atoms with Gasteiger partial charge in [-0.05, 0) is 30.3 Å². The van der Waals surface area contributed by atoms with Crippen molar-refractivity contribution in [3.8, 4) is 0 Å². The fourth-order valence-electron chi connectivity index (χ4n) is 3.45. The molecule has 1 amide bonds. The van der Waals surface area contributed by atoms with Crippen LogP contribution in [0.15, 0.2) is 78.5 Å². The summed E-state index contributed by atoms with van der Waals surface area (Å²) in [5, 5.41) is 21.8. The van der Waals surface area contributed by atoms with Crippen molar-refractivity contribution in [2.24, 2.45) is 0 Å². The zero-order chi connectivity index (χ0) is 22.1. The van der Waals surface area contributed by atoms with E-state index >= 15 is 0 Å². The van der Waals surface area contributed by atoms with Gasteiger partial charge >= 0.3 is 5.91 Å². The molecule has 1 atom stereocenters. The molecule has 8 nitrogen and oxygen atoms in total. The van der Waals surface area contributed by atoms with Crippen molar-refractivity contribution in [1.82, 2.24) is 4.98 Å². The van der Waals surface area contributed by atoms with Gasteiger partial charge in [0.15, 0.2) is 0 Å². The van der Waals surface area contributed by atoms with Crippen molar-refractivity contribution in [3.05, 3.63) is 106 Å². The minimum Gasteiger partial charge on any atom is -0.507 e. The van der Waals surface area contributed by atoms with Gasteiger partial charge in [0.2, 0.25) is 0 Å². The van der Waals surface area contributed by atoms with Crippen molar-refractivity contribution in [1.29, 1.82) is 0 Å². The molecule has 1 aliphatic heterocycles. The highest BCUT2D eigenvalue weighted by Gasteiger charge is 2.48. The summed E-state index contributed by atoms with van der Waals surface area (Å²) < 4.78 is 14.7. The van der Waals surface area contributed by atoms with Gasteiger partial charge in [-0.3, -0.25) is 24.6 Å². The minimum atomic E-state index is -1.27. The number of Topliss-reactive ketones (excluding diaryl/α,β-unsaturated/α-hetero) is 1. The summed E-state index contributed by atoms with van der Waals surface area (Å²) in [5.74, 6) is -3.13. The van der Waals surface area contributed by atoms with E-state index in [9.17, 15) is 29.2 Å². The van der Waals surface area contributed by atoms with Crippen LogP contribution in [0.3, 0.4) is 0 Å². The van der Waals surface area contributed by atoms with Gasteiger partial charge in [-0.25, -0.2) is 9.37 Å². The summed E-state index contributed by atoms with van der Waals surface area (Å²) in [7, 11) is 0. The Balaban J connectivity index is 1.93. The van der Waals surface area contributed by atoms with Crippen molar-refractivity contribution in [2.75, 3.05) is 4.90 Å². The maximum atomic E-state index is 14.7.